The van der Waals surface area contributed by atoms with E-state index in [2.05, 4.69) is 30.7 Å². The molecule has 96 valence electrons. The summed E-state index contributed by atoms with van der Waals surface area (Å²) in [6, 6.07) is 0. The van der Waals surface area contributed by atoms with Crippen LogP contribution in [-0.2, 0) is 0 Å². The summed E-state index contributed by atoms with van der Waals surface area (Å²) in [7, 11) is 2.22. The van der Waals surface area contributed by atoms with Gasteiger partial charge in [0.15, 0.2) is 0 Å². The fraction of sp³-hybridized carbons (Fsp3) is 1.00. The van der Waals surface area contributed by atoms with Gasteiger partial charge in [-0.05, 0) is 32.9 Å². The summed E-state index contributed by atoms with van der Waals surface area (Å²) in [6.45, 7) is 10.2. The van der Waals surface area contributed by atoms with Gasteiger partial charge in [0.25, 0.3) is 0 Å². The highest BCUT2D eigenvalue weighted by atomic mass is 15.3. The Labute approximate surface area is 101 Å². The first-order valence-electron chi connectivity index (χ1n) is 6.82. The molecule has 1 aliphatic rings. The summed E-state index contributed by atoms with van der Waals surface area (Å²) < 4.78 is 0. The van der Waals surface area contributed by atoms with Crippen molar-refractivity contribution in [1.82, 2.24) is 9.80 Å². The third-order valence-electron chi connectivity index (χ3n) is 4.14. The fourth-order valence-electron chi connectivity index (χ4n) is 2.92. The van der Waals surface area contributed by atoms with Gasteiger partial charge in [-0.1, -0.05) is 20.3 Å². The van der Waals surface area contributed by atoms with Crippen molar-refractivity contribution in [3.05, 3.63) is 0 Å². The summed E-state index contributed by atoms with van der Waals surface area (Å²) in [6.07, 6.45) is 4.93. The second-order valence-corrected chi connectivity index (χ2v) is 5.18. The third-order valence-corrected chi connectivity index (χ3v) is 4.14. The normalized spacial score (nSPS) is 24.0. The van der Waals surface area contributed by atoms with Gasteiger partial charge in [0, 0.05) is 31.7 Å². The summed E-state index contributed by atoms with van der Waals surface area (Å²) in [5.41, 5.74) is 6.33. The fourth-order valence-corrected chi connectivity index (χ4v) is 2.92. The second-order valence-electron chi connectivity index (χ2n) is 5.18. The van der Waals surface area contributed by atoms with Crippen molar-refractivity contribution in [2.75, 3.05) is 39.8 Å². The van der Waals surface area contributed by atoms with Gasteiger partial charge in [0.1, 0.15) is 0 Å². The highest BCUT2D eigenvalue weighted by Gasteiger charge is 2.33. The molecule has 0 radical (unpaired) electrons. The first-order chi connectivity index (χ1) is 7.68. The van der Waals surface area contributed by atoms with Gasteiger partial charge in [0.2, 0.25) is 0 Å². The summed E-state index contributed by atoms with van der Waals surface area (Å²) in [4.78, 5) is 5.09. The van der Waals surface area contributed by atoms with E-state index in [-0.39, 0.29) is 5.54 Å². The van der Waals surface area contributed by atoms with E-state index in [1.54, 1.807) is 0 Å². The van der Waals surface area contributed by atoms with E-state index in [0.29, 0.717) is 0 Å². The minimum absolute atomic E-state index is 0.264. The van der Waals surface area contributed by atoms with E-state index in [1.165, 1.54) is 51.9 Å². The molecule has 1 fully saturated rings. The molecule has 3 nitrogen and oxygen atoms in total. The monoisotopic (exact) mass is 227 g/mol. The van der Waals surface area contributed by atoms with Crippen molar-refractivity contribution >= 4 is 0 Å². The van der Waals surface area contributed by atoms with E-state index in [4.69, 9.17) is 5.73 Å². The van der Waals surface area contributed by atoms with Crippen molar-refractivity contribution in [3.8, 4) is 0 Å². The molecule has 0 aromatic carbocycles. The smallest absolute Gasteiger partial charge is 0.0329 e. The molecule has 1 saturated heterocycles. The third kappa shape index (κ3) is 3.19. The number of likely N-dealkylation sites (N-methyl/N-ethyl adjacent to an activating group) is 1. The lowest BCUT2D eigenvalue weighted by atomic mass is 9.88. The largest absolute Gasteiger partial charge is 0.329 e. The molecule has 0 saturated carbocycles. The van der Waals surface area contributed by atoms with Crippen molar-refractivity contribution in [2.24, 2.45) is 5.73 Å². The number of hydrogen-bond acceptors (Lipinski definition) is 3. The number of rotatable bonds is 5. The average Bonchev–Trinajstić information content (AvgIpc) is 2.52. The maximum atomic E-state index is 6.07. The lowest BCUT2D eigenvalue weighted by molar-refractivity contribution is 0.0841. The van der Waals surface area contributed by atoms with E-state index in [0.717, 1.165) is 6.54 Å². The lowest BCUT2D eigenvalue weighted by Gasteiger charge is -2.42. The molecule has 0 aromatic heterocycles. The van der Waals surface area contributed by atoms with Gasteiger partial charge in [-0.2, -0.15) is 0 Å². The Bertz CT molecular complexity index is 190. The first-order valence-corrected chi connectivity index (χ1v) is 6.82. The quantitative estimate of drug-likeness (QED) is 0.773. The Morgan fingerprint density at radius 2 is 1.88 bits per heavy atom. The zero-order valence-corrected chi connectivity index (χ0v) is 11.3. The van der Waals surface area contributed by atoms with E-state index in [9.17, 15) is 0 Å². The number of nitrogens with two attached hydrogens (primary N) is 1. The van der Waals surface area contributed by atoms with Crippen LogP contribution in [0.2, 0.25) is 0 Å². The Hall–Kier alpha value is -0.120. The first kappa shape index (κ1) is 13.9. The summed E-state index contributed by atoms with van der Waals surface area (Å²) in [5.74, 6) is 0. The molecule has 1 aliphatic heterocycles. The van der Waals surface area contributed by atoms with Crippen LogP contribution in [0.3, 0.4) is 0 Å². The van der Waals surface area contributed by atoms with Crippen molar-refractivity contribution < 1.29 is 0 Å². The molecular weight excluding hydrogens is 198 g/mol. The highest BCUT2D eigenvalue weighted by molar-refractivity contribution is 4.91. The molecular formula is C13H29N3. The van der Waals surface area contributed by atoms with Crippen LogP contribution in [-0.4, -0.2) is 55.1 Å². The lowest BCUT2D eigenvalue weighted by Crippen LogP contribution is -2.54. The molecule has 1 heterocycles. The Morgan fingerprint density at radius 3 is 2.44 bits per heavy atom. The van der Waals surface area contributed by atoms with Crippen LogP contribution < -0.4 is 5.73 Å². The maximum Gasteiger partial charge on any atom is 0.0329 e. The Balaban J connectivity index is 2.68. The predicted octanol–water partition coefficient (Wildman–Crippen LogP) is 1.53. The number of nitrogens with zero attached hydrogens (tertiary/aromatic N) is 2. The van der Waals surface area contributed by atoms with E-state index < -0.39 is 0 Å². The molecule has 0 bridgehead atoms. The topological polar surface area (TPSA) is 32.5 Å². The van der Waals surface area contributed by atoms with Gasteiger partial charge in [-0.25, -0.2) is 0 Å². The van der Waals surface area contributed by atoms with Crippen LogP contribution in [0.4, 0.5) is 0 Å². The van der Waals surface area contributed by atoms with Gasteiger partial charge in [-0.15, -0.1) is 0 Å². The summed E-state index contributed by atoms with van der Waals surface area (Å²) in [5, 5.41) is 0. The molecule has 1 atom stereocenters. The van der Waals surface area contributed by atoms with Gasteiger partial charge >= 0.3 is 0 Å². The molecule has 1 rings (SSSR count). The highest BCUT2D eigenvalue weighted by Crippen LogP contribution is 2.25. The zero-order valence-electron chi connectivity index (χ0n) is 11.3. The van der Waals surface area contributed by atoms with E-state index >= 15 is 0 Å². The zero-order chi connectivity index (χ0) is 12.0. The molecule has 0 aliphatic carbocycles. The van der Waals surface area contributed by atoms with Crippen LogP contribution in [0.15, 0.2) is 0 Å². The van der Waals surface area contributed by atoms with Crippen molar-refractivity contribution in [1.29, 1.82) is 0 Å². The molecule has 16 heavy (non-hydrogen) atoms. The van der Waals surface area contributed by atoms with Crippen molar-refractivity contribution in [3.63, 3.8) is 0 Å². The average molecular weight is 227 g/mol. The maximum absolute atomic E-state index is 6.07. The molecule has 2 N–H and O–H groups in total. The van der Waals surface area contributed by atoms with Gasteiger partial charge < -0.3 is 10.6 Å². The Morgan fingerprint density at radius 1 is 1.12 bits per heavy atom. The molecule has 0 amide bonds. The molecule has 3 heteroatoms. The minimum atomic E-state index is 0.264. The standard InChI is InChI=1S/C13H29N3/c1-4-7-13(5-2,12-14)16-9-6-8-15(3)10-11-16/h4-12,14H2,1-3H3. The van der Waals surface area contributed by atoms with Gasteiger partial charge in [0.05, 0.1) is 0 Å². The van der Waals surface area contributed by atoms with Crippen molar-refractivity contribution in [2.45, 2.75) is 45.1 Å². The van der Waals surface area contributed by atoms with Gasteiger partial charge in [-0.3, -0.25) is 4.90 Å². The molecule has 1 unspecified atom stereocenters. The summed E-state index contributed by atoms with van der Waals surface area (Å²) >= 11 is 0. The van der Waals surface area contributed by atoms with Crippen LogP contribution >= 0.6 is 0 Å². The Kier molecular flexibility index (Phi) is 5.73. The molecule has 0 aromatic rings. The van der Waals surface area contributed by atoms with Crippen LogP contribution in [0.25, 0.3) is 0 Å². The number of hydrogen-bond donors (Lipinski definition) is 1. The van der Waals surface area contributed by atoms with E-state index in [1.807, 2.05) is 0 Å². The van der Waals surface area contributed by atoms with Crippen LogP contribution in [0, 0.1) is 0 Å². The SMILES string of the molecule is CCCC(CC)(CN)N1CCCN(C)CC1. The van der Waals surface area contributed by atoms with Crippen LogP contribution in [0.5, 0.6) is 0 Å². The minimum Gasteiger partial charge on any atom is -0.329 e. The predicted molar refractivity (Wildman–Crippen MR) is 70.7 cm³/mol. The molecule has 0 spiro atoms. The van der Waals surface area contributed by atoms with Crippen LogP contribution in [0.1, 0.15) is 39.5 Å². The second kappa shape index (κ2) is 6.58.